The number of aromatic nitrogens is 2. The minimum atomic E-state index is 0.576. The maximum Gasteiger partial charge on any atom is 0.144 e. The molecular weight excluding hydrogens is 332 g/mol. The summed E-state index contributed by atoms with van der Waals surface area (Å²) in [7, 11) is 0. The highest BCUT2D eigenvalue weighted by Crippen LogP contribution is 2.20. The van der Waals surface area contributed by atoms with Crippen LogP contribution in [-0.4, -0.2) is 9.97 Å². The summed E-state index contributed by atoms with van der Waals surface area (Å²) in [6.45, 7) is 6.49. The Labute approximate surface area is 133 Å². The average Bonchev–Trinajstić information content (AvgIpc) is 2.37. The molecule has 0 radical (unpaired) electrons. The fraction of sp³-hybridized carbons (Fsp3) is 0.375. The molecule has 2 rings (SSSR count). The Bertz CT molecular complexity index is 645. The molecule has 1 N–H and O–H groups in total. The second kappa shape index (κ2) is 6.64. The molecule has 0 aliphatic carbocycles. The van der Waals surface area contributed by atoms with Gasteiger partial charge in [-0.1, -0.05) is 55.9 Å². The number of nitrogens with one attached hydrogen (secondary N) is 1. The highest BCUT2D eigenvalue weighted by molar-refractivity contribution is 9.10. The summed E-state index contributed by atoms with van der Waals surface area (Å²) < 4.78 is 1.57. The van der Waals surface area contributed by atoms with Gasteiger partial charge >= 0.3 is 0 Å². The number of hydrogen-bond donors (Lipinski definition) is 1. The van der Waals surface area contributed by atoms with Crippen molar-refractivity contribution < 1.29 is 0 Å². The number of halogens is 1. The molecule has 2 aromatic rings. The van der Waals surface area contributed by atoms with Gasteiger partial charge in [0.25, 0.3) is 0 Å². The van der Waals surface area contributed by atoms with Gasteiger partial charge in [-0.25, -0.2) is 4.98 Å². The molecule has 2 nitrogen and oxygen atoms in total. The van der Waals surface area contributed by atoms with E-state index < -0.39 is 0 Å². The van der Waals surface area contributed by atoms with Crippen molar-refractivity contribution in [2.75, 3.05) is 0 Å². The monoisotopic (exact) mass is 350 g/mol. The Morgan fingerprint density at radius 1 is 1.25 bits per heavy atom. The van der Waals surface area contributed by atoms with Crippen molar-refractivity contribution in [1.82, 2.24) is 9.97 Å². The first-order chi connectivity index (χ1) is 9.45. The zero-order valence-corrected chi connectivity index (χ0v) is 14.4. The van der Waals surface area contributed by atoms with E-state index in [1.165, 1.54) is 11.1 Å². The van der Waals surface area contributed by atoms with Crippen molar-refractivity contribution >= 4 is 28.1 Å². The van der Waals surface area contributed by atoms with E-state index in [9.17, 15) is 0 Å². The first-order valence-corrected chi connectivity index (χ1v) is 7.99. The van der Waals surface area contributed by atoms with Crippen molar-refractivity contribution in [3.63, 3.8) is 0 Å². The van der Waals surface area contributed by atoms with Crippen LogP contribution in [0, 0.1) is 17.5 Å². The van der Waals surface area contributed by atoms with Gasteiger partial charge in [-0.3, -0.25) is 0 Å². The lowest BCUT2D eigenvalue weighted by Gasteiger charge is -2.10. The number of H-pyrrole nitrogens is 1. The van der Waals surface area contributed by atoms with Crippen molar-refractivity contribution in [3.8, 4) is 0 Å². The summed E-state index contributed by atoms with van der Waals surface area (Å²) >= 11 is 8.88. The Kier molecular flexibility index (Phi) is 5.11. The molecular formula is C16H19BrN2S. The maximum atomic E-state index is 5.34. The summed E-state index contributed by atoms with van der Waals surface area (Å²) in [5, 5.41) is 0. The molecule has 0 bridgehead atoms. The fourth-order valence-electron chi connectivity index (χ4n) is 2.09. The number of hydrogen-bond acceptors (Lipinski definition) is 2. The third kappa shape index (κ3) is 4.00. The van der Waals surface area contributed by atoms with Crippen LogP contribution in [0.5, 0.6) is 0 Å². The maximum absolute atomic E-state index is 5.34. The molecule has 20 heavy (non-hydrogen) atoms. The SMILES string of the molecule is Cc1ccc(Cc2nc(=S)c(Br)c(CC(C)C)[nH]2)cc1. The lowest BCUT2D eigenvalue weighted by molar-refractivity contribution is 0.628. The zero-order valence-electron chi connectivity index (χ0n) is 12.0. The second-order valence-corrected chi connectivity index (χ2v) is 6.72. The van der Waals surface area contributed by atoms with Crippen molar-refractivity contribution in [1.29, 1.82) is 0 Å². The van der Waals surface area contributed by atoms with Gasteiger partial charge in [0, 0.05) is 12.1 Å². The predicted octanol–water partition coefficient (Wildman–Crippen LogP) is 5.00. The summed E-state index contributed by atoms with van der Waals surface area (Å²) in [4.78, 5) is 7.89. The van der Waals surface area contributed by atoms with Gasteiger partial charge in [0.2, 0.25) is 0 Å². The van der Waals surface area contributed by atoms with Crippen LogP contribution in [-0.2, 0) is 12.8 Å². The standard InChI is InChI=1S/C16H19BrN2S/c1-10(2)8-13-15(17)16(20)19-14(18-13)9-12-6-4-11(3)5-7-12/h4-7,10H,8-9H2,1-3H3,(H,18,19,20). The number of benzene rings is 1. The molecule has 106 valence electrons. The molecule has 0 spiro atoms. The van der Waals surface area contributed by atoms with Crippen LogP contribution >= 0.6 is 28.1 Å². The molecule has 0 atom stereocenters. The predicted molar refractivity (Wildman–Crippen MR) is 89.6 cm³/mol. The van der Waals surface area contributed by atoms with Crippen molar-refractivity contribution in [3.05, 3.63) is 56.0 Å². The van der Waals surface area contributed by atoms with E-state index >= 15 is 0 Å². The molecule has 1 aromatic carbocycles. The number of aromatic amines is 1. The molecule has 1 aromatic heterocycles. The first kappa shape index (κ1) is 15.4. The van der Waals surface area contributed by atoms with E-state index in [0.29, 0.717) is 10.6 Å². The minimum Gasteiger partial charge on any atom is -0.346 e. The van der Waals surface area contributed by atoms with Crippen LogP contribution in [0.2, 0.25) is 0 Å². The van der Waals surface area contributed by atoms with E-state index in [0.717, 1.165) is 28.8 Å². The van der Waals surface area contributed by atoms with E-state index in [2.05, 4.69) is 70.9 Å². The smallest absolute Gasteiger partial charge is 0.144 e. The summed E-state index contributed by atoms with van der Waals surface area (Å²) in [6, 6.07) is 8.52. The Hall–Kier alpha value is -1.00. The number of nitrogens with zero attached hydrogens (tertiary/aromatic N) is 1. The lowest BCUT2D eigenvalue weighted by Crippen LogP contribution is -2.05. The largest absolute Gasteiger partial charge is 0.346 e. The molecule has 1 heterocycles. The quantitative estimate of drug-likeness (QED) is 0.786. The van der Waals surface area contributed by atoms with Gasteiger partial charge in [0.1, 0.15) is 10.5 Å². The highest BCUT2D eigenvalue weighted by atomic mass is 79.9. The molecule has 0 saturated carbocycles. The third-order valence-electron chi connectivity index (χ3n) is 3.09. The Morgan fingerprint density at radius 2 is 1.90 bits per heavy atom. The van der Waals surface area contributed by atoms with Crippen LogP contribution in [0.1, 0.15) is 36.5 Å². The van der Waals surface area contributed by atoms with Crippen LogP contribution in [0.25, 0.3) is 0 Å². The minimum absolute atomic E-state index is 0.576. The van der Waals surface area contributed by atoms with E-state index in [4.69, 9.17) is 12.2 Å². The second-order valence-electron chi connectivity index (χ2n) is 5.54. The summed E-state index contributed by atoms with van der Waals surface area (Å²) in [5.74, 6) is 1.50. The molecule has 0 saturated heterocycles. The van der Waals surface area contributed by atoms with Crippen molar-refractivity contribution in [2.45, 2.75) is 33.6 Å². The number of aryl methyl sites for hydroxylation is 1. The van der Waals surface area contributed by atoms with Crippen LogP contribution < -0.4 is 0 Å². The van der Waals surface area contributed by atoms with Crippen LogP contribution in [0.4, 0.5) is 0 Å². The average molecular weight is 351 g/mol. The van der Waals surface area contributed by atoms with E-state index in [1.54, 1.807) is 0 Å². The van der Waals surface area contributed by atoms with Gasteiger partial charge < -0.3 is 4.98 Å². The fourth-order valence-corrected chi connectivity index (χ4v) is 2.67. The van der Waals surface area contributed by atoms with Crippen LogP contribution in [0.15, 0.2) is 28.7 Å². The normalized spacial score (nSPS) is 11.1. The molecule has 0 fully saturated rings. The summed E-state index contributed by atoms with van der Waals surface area (Å²) in [5.41, 5.74) is 3.65. The van der Waals surface area contributed by atoms with Gasteiger partial charge in [0.05, 0.1) is 4.47 Å². The molecule has 0 unspecified atom stereocenters. The number of rotatable bonds is 4. The molecule has 0 aliphatic heterocycles. The van der Waals surface area contributed by atoms with Gasteiger partial charge in [-0.2, -0.15) is 0 Å². The Balaban J connectivity index is 2.30. The third-order valence-corrected chi connectivity index (χ3v) is 4.50. The topological polar surface area (TPSA) is 28.7 Å². The van der Waals surface area contributed by atoms with E-state index in [1.807, 2.05) is 0 Å². The summed E-state index contributed by atoms with van der Waals surface area (Å²) in [6.07, 6.45) is 1.75. The Morgan fingerprint density at radius 3 is 2.50 bits per heavy atom. The zero-order chi connectivity index (χ0) is 14.7. The van der Waals surface area contributed by atoms with Gasteiger partial charge in [-0.05, 0) is 40.8 Å². The molecule has 0 aliphatic rings. The van der Waals surface area contributed by atoms with Crippen LogP contribution in [0.3, 0.4) is 0 Å². The van der Waals surface area contributed by atoms with Gasteiger partial charge in [0.15, 0.2) is 0 Å². The van der Waals surface area contributed by atoms with E-state index in [-0.39, 0.29) is 0 Å². The van der Waals surface area contributed by atoms with Gasteiger partial charge in [-0.15, -0.1) is 0 Å². The molecule has 0 amide bonds. The molecule has 4 heteroatoms. The lowest BCUT2D eigenvalue weighted by atomic mass is 10.1. The highest BCUT2D eigenvalue weighted by Gasteiger charge is 2.08. The van der Waals surface area contributed by atoms with Crippen molar-refractivity contribution in [2.24, 2.45) is 5.92 Å². The first-order valence-electron chi connectivity index (χ1n) is 6.79.